The van der Waals surface area contributed by atoms with Crippen molar-refractivity contribution in [2.45, 2.75) is 38.3 Å². The lowest BCUT2D eigenvalue weighted by molar-refractivity contribution is 0.0520. The van der Waals surface area contributed by atoms with E-state index in [4.69, 9.17) is 9.47 Å². The lowest BCUT2D eigenvalue weighted by atomic mass is 10.0. The summed E-state index contributed by atoms with van der Waals surface area (Å²) in [5.41, 5.74) is 3.20. The second-order valence-electron chi connectivity index (χ2n) is 8.66. The maximum Gasteiger partial charge on any atom is 0.357 e. The van der Waals surface area contributed by atoms with Gasteiger partial charge in [0.1, 0.15) is 23.2 Å². The number of hydrogen-bond acceptors (Lipinski definition) is 4. The molecule has 0 aliphatic heterocycles. The first kappa shape index (κ1) is 23.9. The fraction of sp³-hybridized carbons (Fsp3) is 0.360. The van der Waals surface area contributed by atoms with Gasteiger partial charge in [0.15, 0.2) is 5.69 Å². The molecule has 1 aromatic heterocycles. The minimum atomic E-state index is -1.34. The van der Waals surface area contributed by atoms with Crippen LogP contribution in [0.2, 0.25) is 0 Å². The van der Waals surface area contributed by atoms with E-state index < -0.39 is 21.8 Å². The predicted octanol–water partition coefficient (Wildman–Crippen LogP) is 6.15. The van der Waals surface area contributed by atoms with E-state index in [0.717, 1.165) is 5.56 Å². The number of halogens is 1. The van der Waals surface area contributed by atoms with Gasteiger partial charge in [-0.2, -0.15) is 5.10 Å². The van der Waals surface area contributed by atoms with Gasteiger partial charge < -0.3 is 9.47 Å². The second-order valence-corrected chi connectivity index (χ2v) is 12.7. The van der Waals surface area contributed by atoms with E-state index >= 15 is 4.39 Å². The quantitative estimate of drug-likeness (QED) is 0.411. The van der Waals surface area contributed by atoms with Crippen LogP contribution in [0.1, 0.15) is 48.3 Å². The third-order valence-corrected chi connectivity index (χ3v) is 6.51. The van der Waals surface area contributed by atoms with E-state index in [0.29, 0.717) is 34.4 Å². The summed E-state index contributed by atoms with van der Waals surface area (Å²) >= 11 is 0. The predicted molar refractivity (Wildman–Crippen MR) is 128 cm³/mol. The Bertz CT molecular complexity index is 1090. The zero-order valence-electron chi connectivity index (χ0n) is 19.5. The number of aromatic amines is 1. The highest BCUT2D eigenvalue weighted by Crippen LogP contribution is 2.50. The first-order valence-electron chi connectivity index (χ1n) is 10.6. The minimum Gasteiger partial charge on any atom is -0.489 e. The van der Waals surface area contributed by atoms with Gasteiger partial charge in [-0.05, 0) is 54.9 Å². The number of nitrogens with one attached hydrogen (secondary N) is 1. The van der Waals surface area contributed by atoms with E-state index in [1.165, 1.54) is 11.6 Å². The highest BCUT2D eigenvalue weighted by Gasteiger charge is 2.28. The van der Waals surface area contributed by atoms with E-state index in [2.05, 4.69) is 36.2 Å². The third-order valence-electron chi connectivity index (χ3n) is 5.05. The van der Waals surface area contributed by atoms with Gasteiger partial charge in [0, 0.05) is 17.2 Å². The molecule has 0 aliphatic rings. The van der Waals surface area contributed by atoms with Crippen LogP contribution in [0.25, 0.3) is 11.1 Å². The van der Waals surface area contributed by atoms with Crippen molar-refractivity contribution in [3.8, 4) is 16.9 Å². The fourth-order valence-corrected chi connectivity index (χ4v) is 4.47. The Balaban J connectivity index is 1.87. The van der Waals surface area contributed by atoms with Gasteiger partial charge in [-0.25, -0.2) is 19.2 Å². The molecule has 3 aromatic rings. The topological polar surface area (TPSA) is 64.2 Å². The number of nitrogens with zero attached hydrogens (tertiary/aromatic N) is 1. The zero-order valence-corrected chi connectivity index (χ0v) is 20.3. The van der Waals surface area contributed by atoms with Crippen molar-refractivity contribution < 1.29 is 18.7 Å². The van der Waals surface area contributed by atoms with Crippen LogP contribution in [-0.2, 0) is 11.3 Å². The molecule has 0 radical (unpaired) electrons. The van der Waals surface area contributed by atoms with Crippen LogP contribution in [0, 0.1) is 5.82 Å². The molecule has 1 N–H and O–H groups in total. The van der Waals surface area contributed by atoms with Gasteiger partial charge >= 0.3 is 5.97 Å². The number of esters is 1. The van der Waals surface area contributed by atoms with Crippen molar-refractivity contribution in [3.05, 3.63) is 65.1 Å². The largest absolute Gasteiger partial charge is 0.489 e. The third kappa shape index (κ3) is 5.33. The smallest absolute Gasteiger partial charge is 0.357 e. The van der Waals surface area contributed by atoms with E-state index in [9.17, 15) is 4.79 Å². The van der Waals surface area contributed by atoms with Crippen LogP contribution in [-0.4, -0.2) is 41.5 Å². The number of hydrogen-bond donors (Lipinski definition) is 1. The number of H-pyrrole nitrogens is 1. The maximum absolute atomic E-state index is 15.2. The van der Waals surface area contributed by atoms with E-state index in [1.54, 1.807) is 19.1 Å². The van der Waals surface area contributed by atoms with Crippen LogP contribution in [0.15, 0.2) is 47.5 Å². The Morgan fingerprint density at radius 1 is 1.12 bits per heavy atom. The Morgan fingerprint density at radius 2 is 1.81 bits per heavy atom. The normalized spacial score (nSPS) is 12.1. The van der Waals surface area contributed by atoms with Crippen molar-refractivity contribution in [1.29, 1.82) is 0 Å². The van der Waals surface area contributed by atoms with E-state index in [1.807, 2.05) is 30.9 Å². The standard InChI is InChI=1S/C25H31FN2O3S/c1-7-30-25(29)23-22(24(28-27-23)32(4,5)6)20-13-12-19(14-21(20)26)31-15-17-8-10-18(11-9-17)16(2)3/h8-14,16H,7,15H2,1-6H3,(H,27,28). The molecular formula is C25H31FN2O3S. The SMILES string of the molecule is CCOC(=O)c1[nH]nc(S(C)(C)C)c1-c1ccc(OCc2ccc(C(C)C)cc2)cc1F. The molecule has 3 rings (SSSR count). The average molecular weight is 459 g/mol. The molecule has 5 nitrogen and oxygen atoms in total. The molecule has 0 unspecified atom stereocenters. The van der Waals surface area contributed by atoms with Gasteiger partial charge in [0.2, 0.25) is 0 Å². The van der Waals surface area contributed by atoms with Crippen molar-refractivity contribution in [1.82, 2.24) is 10.2 Å². The number of benzene rings is 2. The van der Waals surface area contributed by atoms with Crippen LogP contribution in [0.3, 0.4) is 0 Å². The lowest BCUT2D eigenvalue weighted by Gasteiger charge is -2.24. The summed E-state index contributed by atoms with van der Waals surface area (Å²) < 4.78 is 26.2. The highest BCUT2D eigenvalue weighted by molar-refractivity contribution is 8.32. The van der Waals surface area contributed by atoms with Crippen molar-refractivity contribution in [2.24, 2.45) is 0 Å². The molecule has 0 saturated heterocycles. The Hall–Kier alpha value is -2.80. The fourth-order valence-electron chi connectivity index (χ4n) is 3.32. The van der Waals surface area contributed by atoms with Crippen molar-refractivity contribution >= 4 is 16.0 Å². The number of carbonyl (C=O) groups is 1. The van der Waals surface area contributed by atoms with Gasteiger partial charge in [0.25, 0.3) is 0 Å². The number of rotatable bonds is 8. The van der Waals surface area contributed by atoms with Gasteiger partial charge in [-0.1, -0.05) is 38.1 Å². The lowest BCUT2D eigenvalue weighted by Crippen LogP contribution is -2.07. The zero-order chi connectivity index (χ0) is 23.5. The van der Waals surface area contributed by atoms with Crippen LogP contribution in [0.5, 0.6) is 5.75 Å². The molecule has 7 heteroatoms. The molecule has 0 atom stereocenters. The summed E-state index contributed by atoms with van der Waals surface area (Å²) in [6, 6.07) is 12.9. The number of carbonyl (C=O) groups excluding carboxylic acids is 1. The Kier molecular flexibility index (Phi) is 7.29. The molecule has 32 heavy (non-hydrogen) atoms. The van der Waals surface area contributed by atoms with E-state index in [-0.39, 0.29) is 12.3 Å². The van der Waals surface area contributed by atoms with Crippen LogP contribution in [0.4, 0.5) is 4.39 Å². The molecule has 1 heterocycles. The molecule has 0 fully saturated rings. The van der Waals surface area contributed by atoms with Crippen LogP contribution < -0.4 is 4.74 Å². The van der Waals surface area contributed by atoms with Crippen LogP contribution >= 0.6 is 10.0 Å². The Labute approximate surface area is 190 Å². The van der Waals surface area contributed by atoms with Gasteiger partial charge in [-0.15, -0.1) is 0 Å². The maximum atomic E-state index is 15.2. The molecule has 172 valence electrons. The summed E-state index contributed by atoms with van der Waals surface area (Å²) in [6.07, 6.45) is 6.13. The summed E-state index contributed by atoms with van der Waals surface area (Å²) in [5, 5.41) is 7.78. The number of ether oxygens (including phenoxy) is 2. The summed E-state index contributed by atoms with van der Waals surface area (Å²) in [6.45, 7) is 6.59. The number of aromatic nitrogens is 2. The molecule has 0 spiro atoms. The van der Waals surface area contributed by atoms with Gasteiger partial charge in [0.05, 0.1) is 6.61 Å². The minimum absolute atomic E-state index is 0.169. The molecule has 0 bridgehead atoms. The van der Waals surface area contributed by atoms with Crippen molar-refractivity contribution in [3.63, 3.8) is 0 Å². The molecule has 0 saturated carbocycles. The second kappa shape index (κ2) is 9.77. The summed E-state index contributed by atoms with van der Waals surface area (Å²) in [4.78, 5) is 12.5. The summed E-state index contributed by atoms with van der Waals surface area (Å²) in [7, 11) is -1.34. The Morgan fingerprint density at radius 3 is 2.38 bits per heavy atom. The average Bonchev–Trinajstić information content (AvgIpc) is 3.18. The molecular weight excluding hydrogens is 427 g/mol. The van der Waals surface area contributed by atoms with Crippen molar-refractivity contribution in [2.75, 3.05) is 25.4 Å². The van der Waals surface area contributed by atoms with Gasteiger partial charge in [-0.3, -0.25) is 5.10 Å². The highest BCUT2D eigenvalue weighted by atomic mass is 32.3. The molecule has 0 aliphatic carbocycles. The first-order chi connectivity index (χ1) is 15.1. The monoisotopic (exact) mass is 458 g/mol. The summed E-state index contributed by atoms with van der Waals surface area (Å²) in [5.74, 6) is -0.136. The molecule has 0 amide bonds. The molecule has 2 aromatic carbocycles. The first-order valence-corrected chi connectivity index (χ1v) is 13.4.